The molecular weight excluding hydrogens is 282 g/mol. The Morgan fingerprint density at radius 1 is 1.38 bits per heavy atom. The van der Waals surface area contributed by atoms with E-state index in [1.807, 2.05) is 35.4 Å². The van der Waals surface area contributed by atoms with Gasteiger partial charge in [0.15, 0.2) is 4.77 Å². The number of aryl methyl sites for hydroxylation is 2. The molecule has 0 fully saturated rings. The van der Waals surface area contributed by atoms with E-state index in [2.05, 4.69) is 23.1 Å². The average molecular weight is 297 g/mol. The lowest BCUT2D eigenvalue weighted by molar-refractivity contribution is 0.727. The molecule has 0 aliphatic heterocycles. The van der Waals surface area contributed by atoms with Crippen LogP contribution in [0.2, 0.25) is 0 Å². The number of hydrogen-bond acceptors (Lipinski definition) is 3. The van der Waals surface area contributed by atoms with Crippen molar-refractivity contribution in [3.8, 4) is 6.07 Å². The highest BCUT2D eigenvalue weighted by Crippen LogP contribution is 2.21. The van der Waals surface area contributed by atoms with Crippen LogP contribution in [0.25, 0.3) is 11.0 Å². The van der Waals surface area contributed by atoms with E-state index < -0.39 is 0 Å². The van der Waals surface area contributed by atoms with Crippen LogP contribution in [-0.4, -0.2) is 19.3 Å². The maximum atomic E-state index is 9.19. The highest BCUT2D eigenvalue weighted by Gasteiger charge is 2.13. The number of nitrogens with one attached hydrogen (secondary N) is 1. The van der Waals surface area contributed by atoms with Crippen molar-refractivity contribution < 1.29 is 0 Å². The van der Waals surface area contributed by atoms with Crippen molar-refractivity contribution in [3.05, 3.63) is 45.5 Å². The van der Waals surface area contributed by atoms with E-state index in [0.717, 1.165) is 28.0 Å². The number of nitriles is 1. The SMILES string of the molecule is Cc1nn(C)c(C)c1Cn1c(=S)[nH]c2c(C#N)cccc21. The van der Waals surface area contributed by atoms with Crippen LogP contribution in [-0.2, 0) is 13.6 Å². The number of H-pyrrole nitrogens is 1. The molecule has 1 N–H and O–H groups in total. The van der Waals surface area contributed by atoms with Crippen LogP contribution in [0.15, 0.2) is 18.2 Å². The molecule has 0 spiro atoms. The molecule has 0 saturated carbocycles. The topological polar surface area (TPSA) is 62.3 Å². The number of para-hydroxylation sites is 1. The second kappa shape index (κ2) is 4.86. The molecule has 3 rings (SSSR count). The van der Waals surface area contributed by atoms with Gasteiger partial charge in [0.05, 0.1) is 28.8 Å². The molecule has 21 heavy (non-hydrogen) atoms. The summed E-state index contributed by atoms with van der Waals surface area (Å²) in [5, 5.41) is 13.6. The van der Waals surface area contributed by atoms with Crippen molar-refractivity contribution in [2.45, 2.75) is 20.4 Å². The van der Waals surface area contributed by atoms with Crippen molar-refractivity contribution in [1.82, 2.24) is 19.3 Å². The fraction of sp³-hybridized carbons (Fsp3) is 0.267. The number of aromatic nitrogens is 4. The summed E-state index contributed by atoms with van der Waals surface area (Å²) in [7, 11) is 1.94. The predicted octanol–water partition coefficient (Wildman–Crippen LogP) is 2.97. The minimum Gasteiger partial charge on any atom is -0.329 e. The first-order valence-electron chi connectivity index (χ1n) is 6.63. The van der Waals surface area contributed by atoms with E-state index in [1.54, 1.807) is 6.07 Å². The Morgan fingerprint density at radius 3 is 2.76 bits per heavy atom. The normalized spacial score (nSPS) is 11.0. The number of benzene rings is 1. The summed E-state index contributed by atoms with van der Waals surface area (Å²) in [6, 6.07) is 7.84. The molecule has 0 aliphatic rings. The quantitative estimate of drug-likeness (QED) is 0.740. The first-order chi connectivity index (χ1) is 10.0. The van der Waals surface area contributed by atoms with E-state index in [9.17, 15) is 5.26 Å². The first-order valence-corrected chi connectivity index (χ1v) is 7.04. The van der Waals surface area contributed by atoms with Gasteiger partial charge in [0, 0.05) is 18.3 Å². The number of fused-ring (bicyclic) bond motifs is 1. The third kappa shape index (κ3) is 2.06. The number of nitrogens with zero attached hydrogens (tertiary/aromatic N) is 4. The highest BCUT2D eigenvalue weighted by atomic mass is 32.1. The molecule has 0 atom stereocenters. The Morgan fingerprint density at radius 2 is 2.14 bits per heavy atom. The monoisotopic (exact) mass is 297 g/mol. The van der Waals surface area contributed by atoms with Gasteiger partial charge < -0.3 is 9.55 Å². The third-order valence-corrected chi connectivity index (χ3v) is 4.23. The Bertz CT molecular complexity index is 936. The van der Waals surface area contributed by atoms with Gasteiger partial charge in [-0.1, -0.05) is 6.07 Å². The van der Waals surface area contributed by atoms with E-state index in [1.165, 1.54) is 0 Å². The summed E-state index contributed by atoms with van der Waals surface area (Å²) >= 11 is 5.42. The van der Waals surface area contributed by atoms with Crippen LogP contribution in [0.5, 0.6) is 0 Å². The standard InChI is InChI=1S/C15H15N5S/c1-9-12(10(2)19(3)18-9)8-20-13-6-4-5-11(7-16)14(13)17-15(20)21/h4-6H,8H2,1-3H3,(H,17,21). The van der Waals surface area contributed by atoms with Crippen molar-refractivity contribution >= 4 is 23.3 Å². The summed E-state index contributed by atoms with van der Waals surface area (Å²) in [6.07, 6.45) is 0. The molecule has 0 amide bonds. The van der Waals surface area contributed by atoms with Gasteiger partial charge in [0.2, 0.25) is 0 Å². The van der Waals surface area contributed by atoms with Gasteiger partial charge >= 0.3 is 0 Å². The zero-order valence-electron chi connectivity index (χ0n) is 12.1. The summed E-state index contributed by atoms with van der Waals surface area (Å²) in [5.74, 6) is 0. The molecule has 2 heterocycles. The molecule has 3 aromatic rings. The Labute approximate surface area is 127 Å². The Balaban J connectivity index is 2.20. The molecule has 2 aromatic heterocycles. The minimum atomic E-state index is 0.608. The molecule has 106 valence electrons. The van der Waals surface area contributed by atoms with Crippen LogP contribution in [0.1, 0.15) is 22.5 Å². The van der Waals surface area contributed by atoms with Gasteiger partial charge in [-0.15, -0.1) is 0 Å². The van der Waals surface area contributed by atoms with E-state index in [-0.39, 0.29) is 0 Å². The lowest BCUT2D eigenvalue weighted by Crippen LogP contribution is -2.02. The Hall–Kier alpha value is -2.39. The summed E-state index contributed by atoms with van der Waals surface area (Å²) in [5.41, 5.74) is 5.64. The van der Waals surface area contributed by atoms with Crippen molar-refractivity contribution in [3.63, 3.8) is 0 Å². The fourth-order valence-corrected chi connectivity index (χ4v) is 2.90. The van der Waals surface area contributed by atoms with E-state index in [0.29, 0.717) is 16.9 Å². The van der Waals surface area contributed by atoms with Gasteiger partial charge in [0.25, 0.3) is 0 Å². The molecule has 0 aliphatic carbocycles. The molecule has 6 heteroatoms. The lowest BCUT2D eigenvalue weighted by Gasteiger charge is -2.05. The zero-order valence-corrected chi connectivity index (χ0v) is 13.0. The fourth-order valence-electron chi connectivity index (χ4n) is 2.63. The molecule has 0 saturated heterocycles. The number of hydrogen-bond donors (Lipinski definition) is 1. The third-order valence-electron chi connectivity index (χ3n) is 3.91. The van der Waals surface area contributed by atoms with Gasteiger partial charge in [0.1, 0.15) is 6.07 Å². The second-order valence-electron chi connectivity index (χ2n) is 5.10. The predicted molar refractivity (Wildman–Crippen MR) is 83.6 cm³/mol. The van der Waals surface area contributed by atoms with Crippen LogP contribution >= 0.6 is 12.2 Å². The maximum Gasteiger partial charge on any atom is 0.178 e. The number of imidazole rings is 1. The van der Waals surface area contributed by atoms with Crippen LogP contribution in [0.4, 0.5) is 0 Å². The van der Waals surface area contributed by atoms with Crippen LogP contribution in [0.3, 0.4) is 0 Å². The van der Waals surface area contributed by atoms with Crippen molar-refractivity contribution in [2.75, 3.05) is 0 Å². The van der Waals surface area contributed by atoms with Crippen LogP contribution in [0, 0.1) is 29.9 Å². The molecule has 0 unspecified atom stereocenters. The first kappa shape index (κ1) is 13.6. The molecular formula is C15H15N5S. The van der Waals surface area contributed by atoms with Gasteiger partial charge in [-0.05, 0) is 38.2 Å². The van der Waals surface area contributed by atoms with E-state index in [4.69, 9.17) is 12.2 Å². The van der Waals surface area contributed by atoms with Crippen LogP contribution < -0.4 is 0 Å². The lowest BCUT2D eigenvalue weighted by atomic mass is 10.2. The number of rotatable bonds is 2. The molecule has 0 bridgehead atoms. The highest BCUT2D eigenvalue weighted by molar-refractivity contribution is 7.71. The molecule has 0 radical (unpaired) electrons. The average Bonchev–Trinajstić information content (AvgIpc) is 2.90. The van der Waals surface area contributed by atoms with Crippen molar-refractivity contribution in [2.24, 2.45) is 7.05 Å². The van der Waals surface area contributed by atoms with Gasteiger partial charge in [-0.3, -0.25) is 4.68 Å². The van der Waals surface area contributed by atoms with Crippen molar-refractivity contribution in [1.29, 1.82) is 5.26 Å². The zero-order chi connectivity index (χ0) is 15.1. The molecule has 5 nitrogen and oxygen atoms in total. The smallest absolute Gasteiger partial charge is 0.178 e. The van der Waals surface area contributed by atoms with Gasteiger partial charge in [-0.25, -0.2) is 0 Å². The summed E-state index contributed by atoms with van der Waals surface area (Å²) < 4.78 is 4.52. The summed E-state index contributed by atoms with van der Waals surface area (Å²) in [4.78, 5) is 3.14. The number of aromatic amines is 1. The minimum absolute atomic E-state index is 0.608. The van der Waals surface area contributed by atoms with Gasteiger partial charge in [-0.2, -0.15) is 10.4 Å². The molecule has 1 aromatic carbocycles. The second-order valence-corrected chi connectivity index (χ2v) is 5.49. The largest absolute Gasteiger partial charge is 0.329 e. The summed E-state index contributed by atoms with van der Waals surface area (Å²) in [6.45, 7) is 4.70. The Kier molecular flexibility index (Phi) is 3.15. The van der Waals surface area contributed by atoms with E-state index >= 15 is 0 Å². The maximum absolute atomic E-state index is 9.19.